The van der Waals surface area contributed by atoms with Gasteiger partial charge in [0, 0.05) is 16.9 Å². The summed E-state index contributed by atoms with van der Waals surface area (Å²) >= 11 is -2.14. The number of hydrogen-bond donors (Lipinski definition) is 0. The first-order chi connectivity index (χ1) is 6.77. The Labute approximate surface area is 113 Å². The summed E-state index contributed by atoms with van der Waals surface area (Å²) in [7, 11) is 0. The van der Waals surface area contributed by atoms with E-state index >= 15 is 0 Å². The summed E-state index contributed by atoms with van der Waals surface area (Å²) in [6.45, 7) is 0.414. The Morgan fingerprint density at radius 3 is 2.80 bits per heavy atom. The van der Waals surface area contributed by atoms with Gasteiger partial charge in [0.05, 0.1) is 6.61 Å². The van der Waals surface area contributed by atoms with Crippen LogP contribution in [-0.2, 0) is 11.1 Å². The van der Waals surface area contributed by atoms with Crippen LogP contribution in [0.2, 0.25) is 0 Å². The molecule has 0 aliphatic carbocycles. The van der Waals surface area contributed by atoms with E-state index < -0.39 is 11.1 Å². The van der Waals surface area contributed by atoms with Crippen LogP contribution >= 0.6 is 0 Å². The van der Waals surface area contributed by atoms with E-state index in [0.717, 1.165) is 11.3 Å². The zero-order valence-corrected chi connectivity index (χ0v) is 11.3. The van der Waals surface area contributed by atoms with Crippen molar-refractivity contribution in [1.29, 1.82) is 0 Å². The molecule has 1 aromatic carbocycles. The van der Waals surface area contributed by atoms with Gasteiger partial charge in [0.15, 0.2) is 0 Å². The molecule has 74 valence electrons. The SMILES string of the molecule is O=S([O-])C1=Cc2ccccc2OCC1.[Na+]. The predicted molar refractivity (Wildman–Crippen MR) is 53.5 cm³/mol. The van der Waals surface area contributed by atoms with E-state index in [-0.39, 0.29) is 29.6 Å². The van der Waals surface area contributed by atoms with Crippen molar-refractivity contribution >= 4 is 17.2 Å². The topological polar surface area (TPSA) is 49.4 Å². The van der Waals surface area contributed by atoms with Crippen LogP contribution in [0.15, 0.2) is 29.2 Å². The van der Waals surface area contributed by atoms with Crippen LogP contribution in [0.4, 0.5) is 0 Å². The van der Waals surface area contributed by atoms with E-state index in [1.807, 2.05) is 24.3 Å². The molecule has 5 heteroatoms. The molecule has 2 rings (SSSR count). The fraction of sp³-hybridized carbons (Fsp3) is 0.200. The third-order valence-electron chi connectivity index (χ3n) is 2.06. The average molecular weight is 232 g/mol. The van der Waals surface area contributed by atoms with Gasteiger partial charge in [0.25, 0.3) is 0 Å². The molecule has 1 heterocycles. The third-order valence-corrected chi connectivity index (χ3v) is 2.81. The second-order valence-electron chi connectivity index (χ2n) is 2.98. The fourth-order valence-electron chi connectivity index (χ4n) is 1.37. The monoisotopic (exact) mass is 232 g/mol. The molecule has 1 aliphatic heterocycles. The number of rotatable bonds is 1. The number of ether oxygens (including phenoxy) is 1. The maximum atomic E-state index is 10.8. The summed E-state index contributed by atoms with van der Waals surface area (Å²) in [4.78, 5) is 0.398. The summed E-state index contributed by atoms with van der Waals surface area (Å²) in [6, 6.07) is 7.40. The zero-order valence-electron chi connectivity index (χ0n) is 8.43. The molecule has 0 bridgehead atoms. The van der Waals surface area contributed by atoms with Crippen molar-refractivity contribution in [2.75, 3.05) is 6.61 Å². The Bertz CT molecular complexity index is 403. The Kier molecular flexibility index (Phi) is 5.02. The normalized spacial score (nSPS) is 16.2. The maximum Gasteiger partial charge on any atom is 1.00 e. The molecule has 0 N–H and O–H groups in total. The molecule has 0 spiro atoms. The molecule has 1 aliphatic rings. The Balaban J connectivity index is 0.00000112. The van der Waals surface area contributed by atoms with Gasteiger partial charge in [-0.1, -0.05) is 18.2 Å². The Morgan fingerprint density at radius 2 is 2.07 bits per heavy atom. The van der Waals surface area contributed by atoms with Crippen molar-refractivity contribution in [2.24, 2.45) is 0 Å². The first-order valence-electron chi connectivity index (χ1n) is 4.29. The van der Waals surface area contributed by atoms with Crippen LogP contribution in [0.5, 0.6) is 5.75 Å². The molecule has 3 nitrogen and oxygen atoms in total. The molecule has 0 fully saturated rings. The number of benzene rings is 1. The summed E-state index contributed by atoms with van der Waals surface area (Å²) in [5, 5.41) is 0. The van der Waals surface area contributed by atoms with Crippen LogP contribution in [-0.4, -0.2) is 15.4 Å². The standard InChI is InChI=1S/C10H10O3S.Na/c11-14(12)9-5-6-13-10-4-2-1-3-8(10)7-9;/h1-4,7H,5-6H2,(H,11,12);/q;+1/p-1. The van der Waals surface area contributed by atoms with Gasteiger partial charge in [0.1, 0.15) is 5.75 Å². The van der Waals surface area contributed by atoms with Gasteiger partial charge < -0.3 is 9.29 Å². The van der Waals surface area contributed by atoms with E-state index in [1.165, 1.54) is 0 Å². The average Bonchev–Trinajstić information content (AvgIpc) is 2.39. The van der Waals surface area contributed by atoms with Gasteiger partial charge >= 0.3 is 29.6 Å². The molecule has 15 heavy (non-hydrogen) atoms. The van der Waals surface area contributed by atoms with E-state index in [9.17, 15) is 8.76 Å². The van der Waals surface area contributed by atoms with Gasteiger partial charge in [-0.05, 0) is 23.2 Å². The Hall–Kier alpha value is -0.130. The van der Waals surface area contributed by atoms with Crippen molar-refractivity contribution in [2.45, 2.75) is 6.42 Å². The molecule has 1 unspecified atom stereocenters. The summed E-state index contributed by atoms with van der Waals surface area (Å²) in [5.74, 6) is 0.743. The first kappa shape index (κ1) is 12.9. The summed E-state index contributed by atoms with van der Waals surface area (Å²) in [5.41, 5.74) is 0.823. The second-order valence-corrected chi connectivity index (χ2v) is 3.98. The summed E-state index contributed by atoms with van der Waals surface area (Å²) in [6.07, 6.45) is 2.09. The molecule has 1 atom stereocenters. The van der Waals surface area contributed by atoms with Crippen LogP contribution < -0.4 is 34.3 Å². The second kappa shape index (κ2) is 5.82. The zero-order chi connectivity index (χ0) is 9.97. The van der Waals surface area contributed by atoms with E-state index in [2.05, 4.69) is 0 Å². The number of hydrogen-bond acceptors (Lipinski definition) is 3. The van der Waals surface area contributed by atoms with Gasteiger partial charge in [-0.3, -0.25) is 4.21 Å². The molecule has 0 radical (unpaired) electrons. The van der Waals surface area contributed by atoms with Crippen molar-refractivity contribution in [3.8, 4) is 5.75 Å². The summed E-state index contributed by atoms with van der Waals surface area (Å²) < 4.78 is 27.0. The minimum atomic E-state index is -2.14. The van der Waals surface area contributed by atoms with Crippen molar-refractivity contribution in [1.82, 2.24) is 0 Å². The number of para-hydroxylation sites is 1. The van der Waals surface area contributed by atoms with Crippen molar-refractivity contribution in [3.05, 3.63) is 34.7 Å². The predicted octanol–water partition coefficient (Wildman–Crippen LogP) is -1.31. The number of fused-ring (bicyclic) bond motifs is 1. The van der Waals surface area contributed by atoms with Gasteiger partial charge in [0.2, 0.25) is 0 Å². The maximum absolute atomic E-state index is 10.8. The molecule has 0 saturated heterocycles. The largest absolute Gasteiger partial charge is 1.00 e. The third kappa shape index (κ3) is 3.16. The van der Waals surface area contributed by atoms with Crippen LogP contribution in [0.25, 0.3) is 6.08 Å². The fourth-order valence-corrected chi connectivity index (χ4v) is 1.84. The van der Waals surface area contributed by atoms with Crippen LogP contribution in [0, 0.1) is 0 Å². The van der Waals surface area contributed by atoms with Gasteiger partial charge in [-0.25, -0.2) is 0 Å². The smallest absolute Gasteiger partial charge is 0.769 e. The van der Waals surface area contributed by atoms with Crippen LogP contribution in [0.3, 0.4) is 0 Å². The van der Waals surface area contributed by atoms with Crippen molar-refractivity contribution < 1.29 is 43.1 Å². The van der Waals surface area contributed by atoms with Crippen LogP contribution in [0.1, 0.15) is 12.0 Å². The molecule has 0 aromatic heterocycles. The van der Waals surface area contributed by atoms with Crippen molar-refractivity contribution in [3.63, 3.8) is 0 Å². The van der Waals surface area contributed by atoms with E-state index in [4.69, 9.17) is 4.74 Å². The van der Waals surface area contributed by atoms with E-state index in [1.54, 1.807) is 6.08 Å². The molecular formula is C10H9NaO3S. The molecule has 0 amide bonds. The Morgan fingerprint density at radius 1 is 1.33 bits per heavy atom. The van der Waals surface area contributed by atoms with Gasteiger partial charge in [-0.2, -0.15) is 0 Å². The minimum absolute atomic E-state index is 0. The van der Waals surface area contributed by atoms with E-state index in [0.29, 0.717) is 17.9 Å². The van der Waals surface area contributed by atoms with Gasteiger partial charge in [-0.15, -0.1) is 0 Å². The first-order valence-corrected chi connectivity index (χ1v) is 5.36. The molecule has 1 aromatic rings. The molecular weight excluding hydrogens is 223 g/mol. The molecule has 0 saturated carbocycles. The quantitative estimate of drug-likeness (QED) is 0.446. The minimum Gasteiger partial charge on any atom is -0.769 e.